The number of aliphatic hydroxyl groups excluding tert-OH is 1. The highest BCUT2D eigenvalue weighted by Gasteiger charge is 2.12. The minimum absolute atomic E-state index is 0.00237. The van der Waals surface area contributed by atoms with Gasteiger partial charge in [0.25, 0.3) is 0 Å². The molecular formula is C15H13FN2O. The standard InChI is InChI=1S/C15H13FN2O/c16-12-6-7-14-13(10-12)15(17-18(14)8-9-19)11-4-2-1-3-5-11/h1-7,10,19H,8-9H2. The highest BCUT2D eigenvalue weighted by Crippen LogP contribution is 2.28. The topological polar surface area (TPSA) is 38.0 Å². The maximum atomic E-state index is 13.4. The molecule has 0 aliphatic heterocycles. The van der Waals surface area contributed by atoms with Gasteiger partial charge in [-0.25, -0.2) is 4.39 Å². The Hall–Kier alpha value is -2.20. The third-order valence-electron chi connectivity index (χ3n) is 3.07. The normalized spacial score (nSPS) is 11.1. The fourth-order valence-electron chi connectivity index (χ4n) is 2.23. The van der Waals surface area contributed by atoms with Crippen LogP contribution in [-0.2, 0) is 6.54 Å². The number of rotatable bonds is 3. The summed E-state index contributed by atoms with van der Waals surface area (Å²) in [4.78, 5) is 0. The van der Waals surface area contributed by atoms with Gasteiger partial charge in [-0.05, 0) is 18.2 Å². The Bertz CT molecular complexity index is 707. The van der Waals surface area contributed by atoms with Gasteiger partial charge in [0.05, 0.1) is 18.7 Å². The van der Waals surface area contributed by atoms with Crippen LogP contribution in [0.25, 0.3) is 22.2 Å². The number of benzene rings is 2. The smallest absolute Gasteiger partial charge is 0.124 e. The highest BCUT2D eigenvalue weighted by atomic mass is 19.1. The van der Waals surface area contributed by atoms with Crippen molar-refractivity contribution >= 4 is 10.9 Å². The van der Waals surface area contributed by atoms with Gasteiger partial charge < -0.3 is 5.11 Å². The second kappa shape index (κ2) is 4.82. The van der Waals surface area contributed by atoms with Crippen molar-refractivity contribution in [2.45, 2.75) is 6.54 Å². The molecule has 0 amide bonds. The van der Waals surface area contributed by atoms with Gasteiger partial charge in [0.1, 0.15) is 11.5 Å². The molecule has 0 unspecified atom stereocenters. The Labute approximate surface area is 109 Å². The fraction of sp³-hybridized carbons (Fsp3) is 0.133. The highest BCUT2D eigenvalue weighted by molar-refractivity contribution is 5.93. The predicted octanol–water partition coefficient (Wildman–Crippen LogP) is 2.83. The molecule has 1 N–H and O–H groups in total. The Morgan fingerprint density at radius 2 is 1.89 bits per heavy atom. The lowest BCUT2D eigenvalue weighted by Crippen LogP contribution is -2.03. The van der Waals surface area contributed by atoms with Crippen LogP contribution in [0.4, 0.5) is 4.39 Å². The van der Waals surface area contributed by atoms with E-state index in [9.17, 15) is 4.39 Å². The van der Waals surface area contributed by atoms with E-state index in [1.54, 1.807) is 10.7 Å². The van der Waals surface area contributed by atoms with E-state index >= 15 is 0 Å². The van der Waals surface area contributed by atoms with Crippen molar-refractivity contribution in [2.24, 2.45) is 0 Å². The zero-order valence-electron chi connectivity index (χ0n) is 10.3. The van der Waals surface area contributed by atoms with Crippen LogP contribution in [0, 0.1) is 5.82 Å². The zero-order valence-corrected chi connectivity index (χ0v) is 10.3. The summed E-state index contributed by atoms with van der Waals surface area (Å²) in [5.74, 6) is -0.284. The number of hydrogen-bond acceptors (Lipinski definition) is 2. The Kier molecular flexibility index (Phi) is 3.01. The molecule has 0 aliphatic carbocycles. The van der Waals surface area contributed by atoms with Gasteiger partial charge in [-0.2, -0.15) is 5.10 Å². The summed E-state index contributed by atoms with van der Waals surface area (Å²) in [6.07, 6.45) is 0. The van der Waals surface area contributed by atoms with Crippen LogP contribution in [-0.4, -0.2) is 21.5 Å². The fourth-order valence-corrected chi connectivity index (χ4v) is 2.23. The average molecular weight is 256 g/mol. The third kappa shape index (κ3) is 2.11. The Balaban J connectivity index is 2.26. The van der Waals surface area contributed by atoms with E-state index in [1.165, 1.54) is 12.1 Å². The van der Waals surface area contributed by atoms with Crippen molar-refractivity contribution < 1.29 is 9.50 Å². The zero-order chi connectivity index (χ0) is 13.2. The first-order valence-electron chi connectivity index (χ1n) is 6.12. The lowest BCUT2D eigenvalue weighted by atomic mass is 10.1. The summed E-state index contributed by atoms with van der Waals surface area (Å²) in [6, 6.07) is 14.2. The van der Waals surface area contributed by atoms with Crippen LogP contribution in [0.2, 0.25) is 0 Å². The summed E-state index contributed by atoms with van der Waals surface area (Å²) in [5.41, 5.74) is 2.51. The largest absolute Gasteiger partial charge is 0.394 e. The van der Waals surface area contributed by atoms with Crippen molar-refractivity contribution in [1.29, 1.82) is 0 Å². The minimum Gasteiger partial charge on any atom is -0.394 e. The van der Waals surface area contributed by atoms with E-state index in [4.69, 9.17) is 5.11 Å². The van der Waals surface area contributed by atoms with Crippen molar-refractivity contribution in [2.75, 3.05) is 6.61 Å². The predicted molar refractivity (Wildman–Crippen MR) is 72.2 cm³/mol. The second-order valence-corrected chi connectivity index (χ2v) is 4.32. The van der Waals surface area contributed by atoms with Gasteiger partial charge >= 0.3 is 0 Å². The van der Waals surface area contributed by atoms with Gasteiger partial charge in [0.15, 0.2) is 0 Å². The molecule has 19 heavy (non-hydrogen) atoms. The first-order chi connectivity index (χ1) is 9.29. The second-order valence-electron chi connectivity index (χ2n) is 4.32. The number of aliphatic hydroxyl groups is 1. The maximum Gasteiger partial charge on any atom is 0.124 e. The Morgan fingerprint density at radius 3 is 2.63 bits per heavy atom. The molecule has 0 bridgehead atoms. The SMILES string of the molecule is OCCn1nc(-c2ccccc2)c2cc(F)ccc21. The molecule has 1 aromatic heterocycles. The summed E-state index contributed by atoms with van der Waals surface area (Å²) < 4.78 is 15.1. The summed E-state index contributed by atoms with van der Waals surface area (Å²) in [7, 11) is 0. The van der Waals surface area contributed by atoms with Crippen molar-refractivity contribution in [3.05, 3.63) is 54.3 Å². The molecule has 0 saturated carbocycles. The number of halogens is 1. The van der Waals surface area contributed by atoms with Crippen LogP contribution in [0.3, 0.4) is 0 Å². The van der Waals surface area contributed by atoms with Crippen molar-refractivity contribution in [1.82, 2.24) is 9.78 Å². The lowest BCUT2D eigenvalue weighted by Gasteiger charge is -1.98. The summed E-state index contributed by atoms with van der Waals surface area (Å²) in [5, 5.41) is 14.3. The lowest BCUT2D eigenvalue weighted by molar-refractivity contribution is 0.272. The molecule has 3 aromatic rings. The molecule has 0 saturated heterocycles. The molecule has 0 spiro atoms. The first kappa shape index (κ1) is 11.9. The minimum atomic E-state index is -0.284. The van der Waals surface area contributed by atoms with Gasteiger partial charge in [0, 0.05) is 10.9 Å². The van der Waals surface area contributed by atoms with Crippen molar-refractivity contribution in [3.63, 3.8) is 0 Å². The molecule has 4 heteroatoms. The van der Waals surface area contributed by atoms with Crippen LogP contribution >= 0.6 is 0 Å². The molecule has 0 atom stereocenters. The first-order valence-corrected chi connectivity index (χ1v) is 6.12. The molecule has 2 aromatic carbocycles. The van der Waals surface area contributed by atoms with Gasteiger partial charge in [-0.15, -0.1) is 0 Å². The monoisotopic (exact) mass is 256 g/mol. The van der Waals surface area contributed by atoms with Crippen molar-refractivity contribution in [3.8, 4) is 11.3 Å². The number of aromatic nitrogens is 2. The van der Waals surface area contributed by atoms with E-state index in [2.05, 4.69) is 5.10 Å². The van der Waals surface area contributed by atoms with E-state index in [1.807, 2.05) is 30.3 Å². The number of hydrogen-bond donors (Lipinski definition) is 1. The van der Waals surface area contributed by atoms with Gasteiger partial charge in [0.2, 0.25) is 0 Å². The van der Waals surface area contributed by atoms with E-state index in [-0.39, 0.29) is 12.4 Å². The van der Waals surface area contributed by atoms with Crippen LogP contribution < -0.4 is 0 Å². The van der Waals surface area contributed by atoms with Crippen LogP contribution in [0.5, 0.6) is 0 Å². The quantitative estimate of drug-likeness (QED) is 0.782. The Morgan fingerprint density at radius 1 is 1.11 bits per heavy atom. The molecule has 96 valence electrons. The molecule has 0 aliphatic rings. The van der Waals surface area contributed by atoms with Gasteiger partial charge in [-0.3, -0.25) is 4.68 Å². The maximum absolute atomic E-state index is 13.4. The molecule has 0 fully saturated rings. The van der Waals surface area contributed by atoms with E-state index in [0.29, 0.717) is 6.54 Å². The summed E-state index contributed by atoms with van der Waals surface area (Å²) >= 11 is 0. The summed E-state index contributed by atoms with van der Waals surface area (Å²) in [6.45, 7) is 0.400. The molecule has 0 radical (unpaired) electrons. The van der Waals surface area contributed by atoms with Gasteiger partial charge in [-0.1, -0.05) is 30.3 Å². The molecule has 3 nitrogen and oxygen atoms in total. The van der Waals surface area contributed by atoms with Crippen LogP contribution in [0.1, 0.15) is 0 Å². The van der Waals surface area contributed by atoms with Crippen LogP contribution in [0.15, 0.2) is 48.5 Å². The number of fused-ring (bicyclic) bond motifs is 1. The number of nitrogens with zero attached hydrogens (tertiary/aromatic N) is 2. The van der Waals surface area contributed by atoms with E-state index < -0.39 is 0 Å². The molecule has 1 heterocycles. The third-order valence-corrected chi connectivity index (χ3v) is 3.07. The molecule has 3 rings (SSSR count). The molecular weight excluding hydrogens is 243 g/mol. The van der Waals surface area contributed by atoms with E-state index in [0.717, 1.165) is 22.2 Å². The average Bonchev–Trinajstić information content (AvgIpc) is 2.78.